The van der Waals surface area contributed by atoms with E-state index >= 15 is 0 Å². The van der Waals surface area contributed by atoms with Crippen LogP contribution in [0.1, 0.15) is 10.4 Å². The molecule has 0 aliphatic rings. The maximum absolute atomic E-state index is 13.3. The van der Waals surface area contributed by atoms with Crippen LogP contribution in [0.3, 0.4) is 0 Å². The molecule has 104 valence electrons. The fourth-order valence-corrected chi connectivity index (χ4v) is 1.67. The molecule has 0 atom stereocenters. The maximum Gasteiger partial charge on any atom is 0.257 e. The number of ether oxygens (including phenoxy) is 1. The van der Waals surface area contributed by atoms with Crippen LogP contribution in [0.5, 0.6) is 11.5 Å². The number of aromatic hydroxyl groups is 1. The lowest BCUT2D eigenvalue weighted by Crippen LogP contribution is -2.14. The Balaban J connectivity index is 2.26. The Morgan fingerprint density at radius 3 is 2.75 bits per heavy atom. The van der Waals surface area contributed by atoms with Gasteiger partial charge in [-0.15, -0.1) is 0 Å². The van der Waals surface area contributed by atoms with Crippen molar-refractivity contribution in [2.45, 2.75) is 0 Å². The van der Waals surface area contributed by atoms with E-state index in [0.29, 0.717) is 5.75 Å². The van der Waals surface area contributed by atoms with E-state index in [4.69, 9.17) is 10.5 Å². The number of anilines is 2. The summed E-state index contributed by atoms with van der Waals surface area (Å²) in [6, 6.07) is 8.34. The van der Waals surface area contributed by atoms with Crippen molar-refractivity contribution in [2.75, 3.05) is 18.2 Å². The minimum absolute atomic E-state index is 0.000202. The predicted octanol–water partition coefficient (Wildman–Crippen LogP) is 2.37. The van der Waals surface area contributed by atoms with Gasteiger partial charge in [0, 0.05) is 6.07 Å². The highest BCUT2D eigenvalue weighted by Crippen LogP contribution is 2.28. The highest BCUT2D eigenvalue weighted by atomic mass is 19.1. The van der Waals surface area contributed by atoms with Gasteiger partial charge in [0.1, 0.15) is 17.3 Å². The first-order chi connectivity index (χ1) is 9.52. The lowest BCUT2D eigenvalue weighted by atomic mass is 10.1. The number of benzene rings is 2. The fraction of sp³-hybridized carbons (Fsp3) is 0.0714. The number of halogens is 1. The number of carbonyl (C=O) groups is 1. The summed E-state index contributed by atoms with van der Waals surface area (Å²) in [5, 5.41) is 12.2. The molecule has 0 heterocycles. The monoisotopic (exact) mass is 276 g/mol. The van der Waals surface area contributed by atoms with E-state index in [2.05, 4.69) is 5.32 Å². The van der Waals surface area contributed by atoms with Crippen LogP contribution in [0.4, 0.5) is 15.8 Å². The molecule has 0 spiro atoms. The summed E-state index contributed by atoms with van der Waals surface area (Å²) in [5.41, 5.74) is 5.44. The first-order valence-electron chi connectivity index (χ1n) is 5.75. The van der Waals surface area contributed by atoms with Crippen LogP contribution in [-0.2, 0) is 0 Å². The molecule has 0 saturated heterocycles. The van der Waals surface area contributed by atoms with E-state index in [1.54, 1.807) is 6.07 Å². The number of rotatable bonds is 3. The molecule has 0 aromatic heterocycles. The number of nitrogen functional groups attached to an aromatic ring is 1. The maximum atomic E-state index is 13.3. The van der Waals surface area contributed by atoms with Gasteiger partial charge in [0.25, 0.3) is 5.91 Å². The number of amides is 1. The summed E-state index contributed by atoms with van der Waals surface area (Å²) in [7, 11) is 1.46. The molecule has 20 heavy (non-hydrogen) atoms. The Morgan fingerprint density at radius 2 is 2.10 bits per heavy atom. The molecule has 2 aromatic carbocycles. The molecule has 0 bridgehead atoms. The SMILES string of the molecule is COc1ccc(NC(=O)c2cccc(F)c2N)c(O)c1. The molecular weight excluding hydrogens is 263 g/mol. The van der Waals surface area contributed by atoms with Crippen molar-refractivity contribution in [2.24, 2.45) is 0 Å². The van der Waals surface area contributed by atoms with Crippen molar-refractivity contribution in [3.05, 3.63) is 47.8 Å². The van der Waals surface area contributed by atoms with Crippen LogP contribution in [0.25, 0.3) is 0 Å². The van der Waals surface area contributed by atoms with Crippen molar-refractivity contribution in [1.82, 2.24) is 0 Å². The highest BCUT2D eigenvalue weighted by Gasteiger charge is 2.14. The minimum atomic E-state index is -0.670. The summed E-state index contributed by atoms with van der Waals surface area (Å²) in [4.78, 5) is 12.0. The first kappa shape index (κ1) is 13.7. The Bertz CT molecular complexity index is 659. The summed E-state index contributed by atoms with van der Waals surface area (Å²) >= 11 is 0. The fourth-order valence-electron chi connectivity index (χ4n) is 1.67. The van der Waals surface area contributed by atoms with Crippen molar-refractivity contribution < 1.29 is 19.0 Å². The van der Waals surface area contributed by atoms with Crippen LogP contribution in [0.2, 0.25) is 0 Å². The van der Waals surface area contributed by atoms with Crippen molar-refractivity contribution in [1.29, 1.82) is 0 Å². The lowest BCUT2D eigenvalue weighted by Gasteiger charge is -2.10. The number of nitrogens with two attached hydrogens (primary N) is 1. The normalized spacial score (nSPS) is 10.1. The van der Waals surface area contributed by atoms with Crippen molar-refractivity contribution in [3.63, 3.8) is 0 Å². The molecule has 0 aliphatic carbocycles. The smallest absolute Gasteiger partial charge is 0.257 e. The number of nitrogens with one attached hydrogen (secondary N) is 1. The van der Waals surface area contributed by atoms with E-state index < -0.39 is 11.7 Å². The summed E-state index contributed by atoms with van der Waals surface area (Å²) in [5.74, 6) is -0.988. The number of phenols is 1. The second-order valence-electron chi connectivity index (χ2n) is 4.04. The minimum Gasteiger partial charge on any atom is -0.506 e. The van der Waals surface area contributed by atoms with Crippen LogP contribution in [-0.4, -0.2) is 18.1 Å². The second-order valence-corrected chi connectivity index (χ2v) is 4.04. The third kappa shape index (κ3) is 2.64. The summed E-state index contributed by atoms with van der Waals surface area (Å²) in [6.45, 7) is 0. The number of carbonyl (C=O) groups excluding carboxylic acids is 1. The van der Waals surface area contributed by atoms with Gasteiger partial charge in [-0.25, -0.2) is 4.39 Å². The third-order valence-corrected chi connectivity index (χ3v) is 2.75. The van der Waals surface area contributed by atoms with Crippen LogP contribution < -0.4 is 15.8 Å². The van der Waals surface area contributed by atoms with Gasteiger partial charge in [-0.3, -0.25) is 4.79 Å². The molecule has 2 rings (SSSR count). The van der Waals surface area contributed by atoms with Gasteiger partial charge < -0.3 is 20.9 Å². The van der Waals surface area contributed by atoms with Gasteiger partial charge in [0.05, 0.1) is 24.0 Å². The zero-order chi connectivity index (χ0) is 14.7. The van der Waals surface area contributed by atoms with Gasteiger partial charge in [-0.2, -0.15) is 0 Å². The Kier molecular flexibility index (Phi) is 3.74. The molecular formula is C14H13FN2O3. The lowest BCUT2D eigenvalue weighted by molar-refractivity contribution is 0.102. The number of hydrogen-bond donors (Lipinski definition) is 3. The van der Waals surface area contributed by atoms with Crippen LogP contribution in [0, 0.1) is 5.82 Å². The second kappa shape index (κ2) is 5.48. The van der Waals surface area contributed by atoms with Gasteiger partial charge in [0.15, 0.2) is 0 Å². The first-order valence-corrected chi connectivity index (χ1v) is 5.75. The summed E-state index contributed by atoms with van der Waals surface area (Å²) < 4.78 is 18.2. The molecule has 0 fully saturated rings. The highest BCUT2D eigenvalue weighted by molar-refractivity contribution is 6.08. The number of hydrogen-bond acceptors (Lipinski definition) is 4. The Labute approximate surface area is 114 Å². The molecule has 2 aromatic rings. The van der Waals surface area contributed by atoms with Crippen LogP contribution >= 0.6 is 0 Å². The molecule has 1 amide bonds. The topological polar surface area (TPSA) is 84.6 Å². The van der Waals surface area contributed by atoms with E-state index in [9.17, 15) is 14.3 Å². The largest absolute Gasteiger partial charge is 0.506 e. The number of phenolic OH excluding ortho intramolecular Hbond substituents is 1. The molecule has 0 aliphatic heterocycles. The van der Waals surface area contributed by atoms with E-state index in [0.717, 1.165) is 6.07 Å². The number of methoxy groups -OCH3 is 1. The van der Waals surface area contributed by atoms with Gasteiger partial charge >= 0.3 is 0 Å². The molecule has 0 radical (unpaired) electrons. The Hall–Kier alpha value is -2.76. The summed E-state index contributed by atoms with van der Waals surface area (Å²) in [6.07, 6.45) is 0. The van der Waals surface area contributed by atoms with Crippen molar-refractivity contribution >= 4 is 17.3 Å². The average molecular weight is 276 g/mol. The average Bonchev–Trinajstić information content (AvgIpc) is 2.44. The Morgan fingerprint density at radius 1 is 1.35 bits per heavy atom. The quantitative estimate of drug-likeness (QED) is 0.593. The van der Waals surface area contributed by atoms with Gasteiger partial charge in [-0.1, -0.05) is 6.07 Å². The molecule has 0 saturated carbocycles. The zero-order valence-electron chi connectivity index (χ0n) is 10.7. The van der Waals surface area contributed by atoms with Crippen LogP contribution in [0.15, 0.2) is 36.4 Å². The van der Waals surface area contributed by atoms with Gasteiger partial charge in [0.2, 0.25) is 0 Å². The van der Waals surface area contributed by atoms with Gasteiger partial charge in [-0.05, 0) is 24.3 Å². The van der Waals surface area contributed by atoms with E-state index in [1.165, 1.54) is 31.4 Å². The standard InChI is InChI=1S/C14H13FN2O3/c1-20-8-5-6-11(12(18)7-8)17-14(19)9-3-2-4-10(15)13(9)16/h2-7,18H,16H2,1H3,(H,17,19). The van der Waals surface area contributed by atoms with E-state index in [1.807, 2.05) is 0 Å². The predicted molar refractivity (Wildman–Crippen MR) is 73.4 cm³/mol. The number of para-hydroxylation sites is 1. The third-order valence-electron chi connectivity index (χ3n) is 2.75. The van der Waals surface area contributed by atoms with E-state index in [-0.39, 0.29) is 22.7 Å². The molecule has 0 unspecified atom stereocenters. The molecule has 6 heteroatoms. The molecule has 4 N–H and O–H groups in total. The zero-order valence-corrected chi connectivity index (χ0v) is 10.7. The van der Waals surface area contributed by atoms with Crippen molar-refractivity contribution in [3.8, 4) is 11.5 Å². The molecule has 5 nitrogen and oxygen atoms in total.